The van der Waals surface area contributed by atoms with Crippen molar-refractivity contribution in [1.29, 1.82) is 0 Å². The van der Waals surface area contributed by atoms with Gasteiger partial charge in [-0.15, -0.1) is 0 Å². The molecule has 0 radical (unpaired) electrons. The van der Waals surface area contributed by atoms with Crippen molar-refractivity contribution < 1.29 is 8.78 Å². The van der Waals surface area contributed by atoms with Crippen molar-refractivity contribution >= 4 is 0 Å². The number of benzene rings is 1. The minimum Gasteiger partial charge on any atom is -0.310 e. The van der Waals surface area contributed by atoms with Crippen LogP contribution in [0.15, 0.2) is 18.2 Å². The summed E-state index contributed by atoms with van der Waals surface area (Å²) in [5.74, 6) is -1.52. The number of rotatable bonds is 2. The minimum atomic E-state index is -0.771. The average molecular weight is 266 g/mol. The third-order valence-corrected chi connectivity index (χ3v) is 4.53. The molecule has 3 atom stereocenters. The summed E-state index contributed by atoms with van der Waals surface area (Å²) in [6.45, 7) is 4.09. The van der Waals surface area contributed by atoms with Crippen LogP contribution in [0.3, 0.4) is 0 Å². The van der Waals surface area contributed by atoms with Crippen LogP contribution in [0.5, 0.6) is 0 Å². The van der Waals surface area contributed by atoms with Gasteiger partial charge in [-0.1, -0.05) is 6.07 Å². The maximum Gasteiger partial charge on any atom is 0.159 e. The Balaban J connectivity index is 1.75. The van der Waals surface area contributed by atoms with Crippen LogP contribution in [-0.2, 0) is 0 Å². The molecule has 0 spiro atoms. The number of hydrogen-bond donors (Lipinski definition) is 1. The standard InChI is InChI=1S/C15H20F2N2/c1-10(11-2-5-14(16)15(17)8-11)19-7-6-12-3-4-13(9-19)18-12/h2,5,8,10,12-13,18H,3-4,6-7,9H2,1H3. The van der Waals surface area contributed by atoms with Crippen LogP contribution in [0.4, 0.5) is 8.78 Å². The molecule has 3 unspecified atom stereocenters. The van der Waals surface area contributed by atoms with Gasteiger partial charge in [0, 0.05) is 31.2 Å². The van der Waals surface area contributed by atoms with Crippen molar-refractivity contribution in [2.45, 2.75) is 44.3 Å². The van der Waals surface area contributed by atoms with Crippen LogP contribution >= 0.6 is 0 Å². The number of nitrogens with zero attached hydrogens (tertiary/aromatic N) is 1. The number of fused-ring (bicyclic) bond motifs is 2. The smallest absolute Gasteiger partial charge is 0.159 e. The molecule has 3 rings (SSSR count). The number of halogens is 2. The fourth-order valence-electron chi connectivity index (χ4n) is 3.30. The van der Waals surface area contributed by atoms with Crippen molar-refractivity contribution in [3.63, 3.8) is 0 Å². The van der Waals surface area contributed by atoms with Crippen molar-refractivity contribution in [1.82, 2.24) is 10.2 Å². The van der Waals surface area contributed by atoms with Gasteiger partial charge in [-0.3, -0.25) is 4.90 Å². The molecule has 2 bridgehead atoms. The number of nitrogens with one attached hydrogen (secondary N) is 1. The van der Waals surface area contributed by atoms with Crippen LogP contribution in [0.25, 0.3) is 0 Å². The first-order valence-electron chi connectivity index (χ1n) is 7.08. The topological polar surface area (TPSA) is 15.3 Å². The van der Waals surface area contributed by atoms with Gasteiger partial charge >= 0.3 is 0 Å². The van der Waals surface area contributed by atoms with Crippen LogP contribution < -0.4 is 5.32 Å². The molecule has 0 aromatic heterocycles. The fraction of sp³-hybridized carbons (Fsp3) is 0.600. The summed E-state index contributed by atoms with van der Waals surface area (Å²) >= 11 is 0. The van der Waals surface area contributed by atoms with Crippen molar-refractivity contribution in [2.75, 3.05) is 13.1 Å². The molecule has 1 aromatic rings. The van der Waals surface area contributed by atoms with Crippen LogP contribution in [-0.4, -0.2) is 30.1 Å². The summed E-state index contributed by atoms with van der Waals surface area (Å²) in [4.78, 5) is 2.38. The Morgan fingerprint density at radius 1 is 1.16 bits per heavy atom. The second-order valence-corrected chi connectivity index (χ2v) is 5.77. The van der Waals surface area contributed by atoms with E-state index in [0.717, 1.165) is 25.1 Å². The first kappa shape index (κ1) is 13.0. The minimum absolute atomic E-state index is 0.135. The van der Waals surface area contributed by atoms with E-state index in [-0.39, 0.29) is 6.04 Å². The van der Waals surface area contributed by atoms with Gasteiger partial charge in [-0.05, 0) is 43.9 Å². The van der Waals surface area contributed by atoms with Gasteiger partial charge in [0.2, 0.25) is 0 Å². The second-order valence-electron chi connectivity index (χ2n) is 5.77. The van der Waals surface area contributed by atoms with Gasteiger partial charge in [0.25, 0.3) is 0 Å². The highest BCUT2D eigenvalue weighted by molar-refractivity contribution is 5.21. The molecule has 2 nitrogen and oxygen atoms in total. The summed E-state index contributed by atoms with van der Waals surface area (Å²) < 4.78 is 26.3. The molecule has 2 aliphatic rings. The van der Waals surface area contributed by atoms with Crippen molar-refractivity contribution in [2.24, 2.45) is 0 Å². The molecule has 104 valence electrons. The first-order chi connectivity index (χ1) is 9.13. The molecule has 2 saturated heterocycles. The first-order valence-corrected chi connectivity index (χ1v) is 7.08. The van der Waals surface area contributed by atoms with Gasteiger partial charge in [0.15, 0.2) is 11.6 Å². The Morgan fingerprint density at radius 2 is 1.95 bits per heavy atom. The Labute approximate surface area is 112 Å². The average Bonchev–Trinajstić information content (AvgIpc) is 2.72. The van der Waals surface area contributed by atoms with E-state index in [4.69, 9.17) is 0 Å². The molecule has 2 aliphatic heterocycles. The molecule has 19 heavy (non-hydrogen) atoms. The molecule has 0 amide bonds. The highest BCUT2D eigenvalue weighted by Crippen LogP contribution is 2.27. The lowest BCUT2D eigenvalue weighted by atomic mass is 10.0. The lowest BCUT2D eigenvalue weighted by Gasteiger charge is -2.30. The normalized spacial score (nSPS) is 29.2. The number of hydrogen-bond acceptors (Lipinski definition) is 2. The second kappa shape index (κ2) is 5.17. The zero-order valence-corrected chi connectivity index (χ0v) is 11.2. The van der Waals surface area contributed by atoms with Crippen LogP contribution in [0.2, 0.25) is 0 Å². The Hall–Kier alpha value is -1.00. The Morgan fingerprint density at radius 3 is 2.74 bits per heavy atom. The fourth-order valence-corrected chi connectivity index (χ4v) is 3.30. The van der Waals surface area contributed by atoms with E-state index in [2.05, 4.69) is 17.1 Å². The molecular formula is C15H20F2N2. The molecule has 1 aromatic carbocycles. The molecule has 4 heteroatoms. The molecule has 2 fully saturated rings. The summed E-state index contributed by atoms with van der Waals surface area (Å²) in [6, 6.07) is 5.59. The maximum absolute atomic E-state index is 13.3. The summed E-state index contributed by atoms with van der Waals surface area (Å²) in [5, 5.41) is 3.63. The van der Waals surface area contributed by atoms with Crippen molar-refractivity contribution in [3.8, 4) is 0 Å². The van der Waals surface area contributed by atoms with Gasteiger partial charge in [0.1, 0.15) is 0 Å². The molecular weight excluding hydrogens is 246 g/mol. The van der Waals surface area contributed by atoms with Crippen LogP contribution in [0, 0.1) is 11.6 Å². The highest BCUT2D eigenvalue weighted by atomic mass is 19.2. The van der Waals surface area contributed by atoms with E-state index in [1.165, 1.54) is 25.0 Å². The Kier molecular flexibility index (Phi) is 3.54. The number of likely N-dealkylation sites (tertiary alicyclic amines) is 1. The van der Waals surface area contributed by atoms with Gasteiger partial charge in [-0.2, -0.15) is 0 Å². The maximum atomic E-state index is 13.3. The van der Waals surface area contributed by atoms with E-state index in [9.17, 15) is 8.78 Å². The van der Waals surface area contributed by atoms with Crippen molar-refractivity contribution in [3.05, 3.63) is 35.4 Å². The largest absolute Gasteiger partial charge is 0.310 e. The third kappa shape index (κ3) is 2.65. The van der Waals surface area contributed by atoms with E-state index in [1.807, 2.05) is 0 Å². The van der Waals surface area contributed by atoms with E-state index in [0.29, 0.717) is 12.1 Å². The van der Waals surface area contributed by atoms with Gasteiger partial charge in [0.05, 0.1) is 0 Å². The van der Waals surface area contributed by atoms with Gasteiger partial charge in [-0.25, -0.2) is 8.78 Å². The van der Waals surface area contributed by atoms with E-state index in [1.54, 1.807) is 6.07 Å². The quantitative estimate of drug-likeness (QED) is 0.885. The predicted octanol–water partition coefficient (Wildman–Crippen LogP) is 2.85. The molecule has 0 aliphatic carbocycles. The van der Waals surface area contributed by atoms with Gasteiger partial charge < -0.3 is 5.32 Å². The summed E-state index contributed by atoms with van der Waals surface area (Å²) in [5.41, 5.74) is 0.858. The highest BCUT2D eigenvalue weighted by Gasteiger charge is 2.31. The SMILES string of the molecule is CC(c1ccc(F)c(F)c1)N1CCC2CCC(C1)N2. The van der Waals surface area contributed by atoms with E-state index < -0.39 is 11.6 Å². The Bertz CT molecular complexity index is 463. The predicted molar refractivity (Wildman–Crippen MR) is 70.9 cm³/mol. The molecule has 0 saturated carbocycles. The zero-order chi connectivity index (χ0) is 13.4. The lowest BCUT2D eigenvalue weighted by molar-refractivity contribution is 0.199. The summed E-state index contributed by atoms with van der Waals surface area (Å²) in [7, 11) is 0. The summed E-state index contributed by atoms with van der Waals surface area (Å²) in [6.07, 6.45) is 3.65. The third-order valence-electron chi connectivity index (χ3n) is 4.53. The zero-order valence-electron chi connectivity index (χ0n) is 11.2. The molecule has 1 N–H and O–H groups in total. The molecule has 2 heterocycles. The van der Waals surface area contributed by atoms with E-state index >= 15 is 0 Å². The lowest BCUT2D eigenvalue weighted by Crippen LogP contribution is -2.36. The van der Waals surface area contributed by atoms with Crippen LogP contribution in [0.1, 0.15) is 37.8 Å². The monoisotopic (exact) mass is 266 g/mol.